The molecule has 2 bridgehead atoms. The van der Waals surface area contributed by atoms with Crippen LogP contribution in [0.1, 0.15) is 46.5 Å². The maximum Gasteiger partial charge on any atom is 0.338 e. The molecule has 114 valence electrons. The molecule has 0 saturated carbocycles. The molecule has 2 rings (SSSR count). The molecule has 0 spiro atoms. The fourth-order valence-electron chi connectivity index (χ4n) is 3.22. The van der Waals surface area contributed by atoms with E-state index in [1.165, 1.54) is 0 Å². The third kappa shape index (κ3) is 2.81. The molecule has 0 aromatic heterocycles. The summed E-state index contributed by atoms with van der Waals surface area (Å²) in [7, 11) is 0. The van der Waals surface area contributed by atoms with Gasteiger partial charge in [0.05, 0.1) is 0 Å². The molecular formula is C14H24N2O4. The fraction of sp³-hybridized carbons (Fsp3) is 0.857. The minimum absolute atomic E-state index is 0.267. The molecule has 3 atom stereocenters. The van der Waals surface area contributed by atoms with Gasteiger partial charge in [-0.1, -0.05) is 0 Å². The Hall–Kier alpha value is -1.14. The maximum atomic E-state index is 12.3. The van der Waals surface area contributed by atoms with E-state index in [9.17, 15) is 14.7 Å². The van der Waals surface area contributed by atoms with E-state index in [0.29, 0.717) is 12.8 Å². The average molecular weight is 284 g/mol. The largest absolute Gasteiger partial charge is 0.479 e. The second-order valence-corrected chi connectivity index (χ2v) is 6.98. The van der Waals surface area contributed by atoms with Gasteiger partial charge in [-0.2, -0.15) is 0 Å². The lowest BCUT2D eigenvalue weighted by molar-refractivity contribution is -0.173. The summed E-state index contributed by atoms with van der Waals surface area (Å²) in [6.07, 6.45) is 3.26. The first-order valence-electron chi connectivity index (χ1n) is 7.14. The van der Waals surface area contributed by atoms with E-state index in [2.05, 4.69) is 5.32 Å². The summed E-state index contributed by atoms with van der Waals surface area (Å²) in [4.78, 5) is 23.9. The van der Waals surface area contributed by atoms with E-state index in [0.717, 1.165) is 12.8 Å². The van der Waals surface area contributed by atoms with E-state index in [1.807, 2.05) is 0 Å². The van der Waals surface area contributed by atoms with Crippen LogP contribution >= 0.6 is 0 Å². The molecular weight excluding hydrogens is 260 g/mol. The molecule has 0 aromatic rings. The Morgan fingerprint density at radius 3 is 2.10 bits per heavy atom. The number of aliphatic carboxylic acids is 1. The van der Waals surface area contributed by atoms with Crippen LogP contribution < -0.4 is 11.1 Å². The van der Waals surface area contributed by atoms with Crippen LogP contribution in [0, 0.1) is 5.92 Å². The number of carbonyl (C=O) groups excluding carboxylic acids is 1. The molecule has 2 saturated heterocycles. The number of esters is 1. The van der Waals surface area contributed by atoms with Gasteiger partial charge in [0, 0.05) is 18.0 Å². The molecule has 2 fully saturated rings. The van der Waals surface area contributed by atoms with Gasteiger partial charge >= 0.3 is 11.9 Å². The molecule has 4 N–H and O–H groups in total. The first-order chi connectivity index (χ1) is 9.13. The third-order valence-electron chi connectivity index (χ3n) is 4.21. The summed E-state index contributed by atoms with van der Waals surface area (Å²) in [6.45, 7) is 5.12. The second kappa shape index (κ2) is 5.00. The number of rotatable bonds is 3. The van der Waals surface area contributed by atoms with E-state index < -0.39 is 23.1 Å². The zero-order valence-electron chi connectivity index (χ0n) is 12.3. The van der Waals surface area contributed by atoms with Crippen molar-refractivity contribution in [1.29, 1.82) is 0 Å². The Morgan fingerprint density at radius 1 is 1.20 bits per heavy atom. The molecule has 0 aliphatic carbocycles. The predicted molar refractivity (Wildman–Crippen MR) is 73.1 cm³/mol. The number of ether oxygens (including phenoxy) is 1. The van der Waals surface area contributed by atoms with Gasteiger partial charge in [-0.3, -0.25) is 0 Å². The summed E-state index contributed by atoms with van der Waals surface area (Å²) in [6, 6.07) is 0.534. The lowest BCUT2D eigenvalue weighted by atomic mass is 9.76. The van der Waals surface area contributed by atoms with Gasteiger partial charge in [-0.15, -0.1) is 0 Å². The summed E-state index contributed by atoms with van der Waals surface area (Å²) in [5.74, 6) is -2.50. The molecule has 0 aromatic carbocycles. The zero-order chi connectivity index (χ0) is 15.1. The summed E-state index contributed by atoms with van der Waals surface area (Å²) >= 11 is 0. The number of piperidine rings is 1. The molecule has 2 aliphatic heterocycles. The molecule has 2 unspecified atom stereocenters. The maximum absolute atomic E-state index is 12.3. The van der Waals surface area contributed by atoms with Crippen LogP contribution in [0.5, 0.6) is 0 Å². The lowest BCUT2D eigenvalue weighted by Gasteiger charge is -2.38. The van der Waals surface area contributed by atoms with Crippen molar-refractivity contribution in [3.63, 3.8) is 0 Å². The molecule has 0 amide bonds. The predicted octanol–water partition coefficient (Wildman–Crippen LogP) is 0.641. The van der Waals surface area contributed by atoms with Crippen molar-refractivity contribution in [2.24, 2.45) is 11.7 Å². The van der Waals surface area contributed by atoms with Gasteiger partial charge in [0.15, 0.2) is 0 Å². The Kier molecular flexibility index (Phi) is 3.81. The normalized spacial score (nSPS) is 32.5. The molecule has 2 aliphatic rings. The van der Waals surface area contributed by atoms with Gasteiger partial charge in [0.1, 0.15) is 5.60 Å². The van der Waals surface area contributed by atoms with Gasteiger partial charge in [0.25, 0.3) is 0 Å². The van der Waals surface area contributed by atoms with Crippen molar-refractivity contribution in [3.05, 3.63) is 0 Å². The standard InChI is InChI=1S/C14H24N2O4/c1-13(2,3)20-12(19)14(15,11(17)18)8-6-9-4-5-10(7-8)16-9/h8-10,16H,4-7,15H2,1-3H3,(H,17,18)/t8?,9?,10?,14-/m0/s1. The van der Waals surface area contributed by atoms with Crippen LogP contribution in [0.3, 0.4) is 0 Å². The summed E-state index contributed by atoms with van der Waals surface area (Å²) in [5.41, 5.74) is 3.32. The number of nitrogens with one attached hydrogen (secondary N) is 1. The van der Waals surface area contributed by atoms with Crippen molar-refractivity contribution in [1.82, 2.24) is 5.32 Å². The van der Waals surface area contributed by atoms with Crippen LogP contribution in [0.2, 0.25) is 0 Å². The smallest absolute Gasteiger partial charge is 0.338 e. The first-order valence-corrected chi connectivity index (χ1v) is 7.14. The van der Waals surface area contributed by atoms with Crippen molar-refractivity contribution in [3.8, 4) is 0 Å². The molecule has 20 heavy (non-hydrogen) atoms. The van der Waals surface area contributed by atoms with Crippen LogP contribution in [-0.2, 0) is 14.3 Å². The van der Waals surface area contributed by atoms with Crippen LogP contribution in [-0.4, -0.2) is 40.3 Å². The number of fused-ring (bicyclic) bond motifs is 2. The summed E-state index contributed by atoms with van der Waals surface area (Å²) < 4.78 is 5.24. The Labute approximate surface area is 119 Å². The van der Waals surface area contributed by atoms with Crippen molar-refractivity contribution < 1.29 is 19.4 Å². The number of hydrogen-bond donors (Lipinski definition) is 3. The monoisotopic (exact) mass is 284 g/mol. The van der Waals surface area contributed by atoms with Gasteiger partial charge in [-0.05, 0) is 46.5 Å². The number of hydrogen-bond acceptors (Lipinski definition) is 5. The van der Waals surface area contributed by atoms with Gasteiger partial charge in [0.2, 0.25) is 5.54 Å². The van der Waals surface area contributed by atoms with Crippen molar-refractivity contribution in [2.75, 3.05) is 0 Å². The third-order valence-corrected chi connectivity index (χ3v) is 4.21. The molecule has 0 radical (unpaired) electrons. The molecule has 6 heteroatoms. The minimum atomic E-state index is -1.95. The summed E-state index contributed by atoms with van der Waals surface area (Å²) in [5, 5.41) is 12.9. The molecule has 2 heterocycles. The number of nitrogens with two attached hydrogens (primary N) is 1. The lowest BCUT2D eigenvalue weighted by Crippen LogP contribution is -2.64. The van der Waals surface area contributed by atoms with E-state index >= 15 is 0 Å². The highest BCUT2D eigenvalue weighted by atomic mass is 16.6. The zero-order valence-corrected chi connectivity index (χ0v) is 12.3. The Bertz CT molecular complexity index is 406. The number of carbonyl (C=O) groups is 2. The highest BCUT2D eigenvalue weighted by molar-refractivity contribution is 6.04. The van der Waals surface area contributed by atoms with E-state index in [4.69, 9.17) is 10.5 Å². The van der Waals surface area contributed by atoms with Crippen LogP contribution in [0.15, 0.2) is 0 Å². The van der Waals surface area contributed by atoms with E-state index in [-0.39, 0.29) is 18.0 Å². The van der Waals surface area contributed by atoms with Crippen molar-refractivity contribution >= 4 is 11.9 Å². The topological polar surface area (TPSA) is 102 Å². The van der Waals surface area contributed by atoms with Gasteiger partial charge < -0.3 is 20.9 Å². The van der Waals surface area contributed by atoms with Crippen LogP contribution in [0.4, 0.5) is 0 Å². The first kappa shape index (κ1) is 15.3. The fourth-order valence-corrected chi connectivity index (χ4v) is 3.22. The second-order valence-electron chi connectivity index (χ2n) is 6.98. The number of carboxylic acids is 1. The quantitative estimate of drug-likeness (QED) is 0.519. The molecule has 6 nitrogen and oxygen atoms in total. The highest BCUT2D eigenvalue weighted by Crippen LogP contribution is 2.37. The Morgan fingerprint density at radius 2 is 1.70 bits per heavy atom. The number of carboxylic acid groups (broad SMARTS) is 1. The van der Waals surface area contributed by atoms with Crippen molar-refractivity contribution in [2.45, 2.75) is 69.7 Å². The van der Waals surface area contributed by atoms with E-state index in [1.54, 1.807) is 20.8 Å². The van der Waals surface area contributed by atoms with Crippen LogP contribution in [0.25, 0.3) is 0 Å². The Balaban J connectivity index is 2.21. The van der Waals surface area contributed by atoms with Gasteiger partial charge in [-0.25, -0.2) is 9.59 Å². The SMILES string of the molecule is CC(C)(C)OC(=O)[C@@](N)(C(=O)O)C1CC2CCC(C1)N2. The highest BCUT2D eigenvalue weighted by Gasteiger charge is 2.54. The minimum Gasteiger partial charge on any atom is -0.479 e. The average Bonchev–Trinajstić information content (AvgIpc) is 2.64.